The molecule has 0 saturated heterocycles. The van der Waals surface area contributed by atoms with Crippen molar-refractivity contribution in [3.63, 3.8) is 0 Å². The van der Waals surface area contributed by atoms with E-state index in [-0.39, 0.29) is 36.2 Å². The van der Waals surface area contributed by atoms with Gasteiger partial charge in [0.25, 0.3) is 6.16 Å². The molecule has 0 bridgehead atoms. The maximum absolute atomic E-state index is 9.59. The summed E-state index contributed by atoms with van der Waals surface area (Å²) in [5.74, 6) is 0. The number of carboxylic acid groups (broad SMARTS) is 1. The van der Waals surface area contributed by atoms with Crippen molar-refractivity contribution in [2.45, 2.75) is 6.42 Å². The van der Waals surface area contributed by atoms with Crippen molar-refractivity contribution in [2.75, 3.05) is 20.3 Å². The second-order valence-corrected chi connectivity index (χ2v) is 1.44. The molecule has 0 heterocycles. The van der Waals surface area contributed by atoms with Crippen LogP contribution in [-0.4, -0.2) is 26.5 Å². The number of hydrogen-bond acceptors (Lipinski definition) is 4. The van der Waals surface area contributed by atoms with Gasteiger partial charge in [0.1, 0.15) is 0 Å². The molecule has 0 atom stereocenters. The summed E-state index contributed by atoms with van der Waals surface area (Å²) in [5, 5.41) is 9.59. The molecule has 4 nitrogen and oxygen atoms in total. The van der Waals surface area contributed by atoms with Gasteiger partial charge in [0.05, 0.1) is 0 Å². The molecule has 0 aromatic rings. The Bertz CT molecular complexity index is 85.7. The fraction of sp³-hybridized carbons (Fsp3) is 0.800. The fourth-order valence-corrected chi connectivity index (χ4v) is 0.359. The first-order valence-corrected chi connectivity index (χ1v) is 2.60. The van der Waals surface area contributed by atoms with Crippen molar-refractivity contribution in [3.8, 4) is 0 Å². The first kappa shape index (κ1) is 12.9. The van der Waals surface area contributed by atoms with E-state index in [0.717, 1.165) is 0 Å². The van der Waals surface area contributed by atoms with Crippen LogP contribution in [0.2, 0.25) is 0 Å². The molecular formula is C5H9NaO4. The van der Waals surface area contributed by atoms with E-state index in [1.807, 2.05) is 0 Å². The zero-order chi connectivity index (χ0) is 7.11. The first-order valence-electron chi connectivity index (χ1n) is 2.60. The molecule has 54 valence electrons. The molecule has 0 fully saturated rings. The molecule has 0 N–H and O–H groups in total. The Morgan fingerprint density at radius 3 is 2.50 bits per heavy atom. The van der Waals surface area contributed by atoms with E-state index in [4.69, 9.17) is 0 Å². The molecule has 0 rings (SSSR count). The third kappa shape index (κ3) is 11.1. The van der Waals surface area contributed by atoms with Crippen molar-refractivity contribution in [3.05, 3.63) is 0 Å². The summed E-state index contributed by atoms with van der Waals surface area (Å²) >= 11 is 0. The fourth-order valence-electron chi connectivity index (χ4n) is 0.359. The number of hydrogen-bond donors (Lipinski definition) is 0. The zero-order valence-corrected chi connectivity index (χ0v) is 8.25. The van der Waals surface area contributed by atoms with E-state index in [1.54, 1.807) is 7.11 Å². The van der Waals surface area contributed by atoms with Crippen LogP contribution >= 0.6 is 0 Å². The van der Waals surface area contributed by atoms with Gasteiger partial charge in [-0.2, -0.15) is 0 Å². The Kier molecular flexibility index (Phi) is 11.9. The average Bonchev–Trinajstić information content (AvgIpc) is 1.80. The summed E-state index contributed by atoms with van der Waals surface area (Å²) in [5.41, 5.74) is 0. The molecular weight excluding hydrogens is 147 g/mol. The first-order chi connectivity index (χ1) is 4.27. The monoisotopic (exact) mass is 156 g/mol. The predicted octanol–water partition coefficient (Wildman–Crippen LogP) is -3.61. The Balaban J connectivity index is 0. The summed E-state index contributed by atoms with van der Waals surface area (Å²) in [6, 6.07) is 0. The molecule has 0 amide bonds. The maximum atomic E-state index is 9.59. The average molecular weight is 156 g/mol. The molecule has 0 aromatic carbocycles. The van der Waals surface area contributed by atoms with Crippen LogP contribution in [-0.2, 0) is 9.47 Å². The summed E-state index contributed by atoms with van der Waals surface area (Å²) in [6.45, 7) is 0.656. The van der Waals surface area contributed by atoms with Crippen LogP contribution in [0.4, 0.5) is 4.79 Å². The van der Waals surface area contributed by atoms with Crippen molar-refractivity contribution < 1.29 is 48.9 Å². The molecule has 0 unspecified atom stereocenters. The summed E-state index contributed by atoms with van der Waals surface area (Å²) in [7, 11) is 1.54. The predicted molar refractivity (Wildman–Crippen MR) is 27.8 cm³/mol. The van der Waals surface area contributed by atoms with Crippen LogP contribution in [0.15, 0.2) is 0 Å². The summed E-state index contributed by atoms with van der Waals surface area (Å²) < 4.78 is 8.70. The number of rotatable bonds is 4. The van der Waals surface area contributed by atoms with Crippen LogP contribution in [0.3, 0.4) is 0 Å². The van der Waals surface area contributed by atoms with Gasteiger partial charge in [0, 0.05) is 20.3 Å². The number of methoxy groups -OCH3 is 1. The topological polar surface area (TPSA) is 58.6 Å². The zero-order valence-electron chi connectivity index (χ0n) is 6.25. The van der Waals surface area contributed by atoms with E-state index >= 15 is 0 Å². The second-order valence-electron chi connectivity index (χ2n) is 1.44. The third-order valence-electron chi connectivity index (χ3n) is 0.713. The van der Waals surface area contributed by atoms with Crippen molar-refractivity contribution in [1.29, 1.82) is 0 Å². The molecule has 0 aliphatic heterocycles. The molecule has 0 aliphatic rings. The number of carbonyl (C=O) groups excluding carboxylic acids is 1. The summed E-state index contributed by atoms with van der Waals surface area (Å²) in [4.78, 5) is 9.59. The molecule has 0 aromatic heterocycles. The Hall–Kier alpha value is 0.230. The van der Waals surface area contributed by atoms with E-state index < -0.39 is 6.16 Å². The van der Waals surface area contributed by atoms with E-state index in [1.165, 1.54) is 0 Å². The minimum Gasteiger partial charge on any atom is -0.550 e. The minimum atomic E-state index is -1.48. The van der Waals surface area contributed by atoms with Crippen molar-refractivity contribution >= 4 is 6.16 Å². The van der Waals surface area contributed by atoms with Gasteiger partial charge in [0.2, 0.25) is 0 Å². The molecule has 10 heavy (non-hydrogen) atoms. The van der Waals surface area contributed by atoms with Crippen LogP contribution in [0.25, 0.3) is 0 Å². The van der Waals surface area contributed by atoms with Crippen molar-refractivity contribution in [2.24, 2.45) is 0 Å². The van der Waals surface area contributed by atoms with Crippen LogP contribution < -0.4 is 34.7 Å². The molecule has 0 spiro atoms. The largest absolute Gasteiger partial charge is 1.00 e. The van der Waals surface area contributed by atoms with Gasteiger partial charge in [-0.15, -0.1) is 0 Å². The van der Waals surface area contributed by atoms with Gasteiger partial charge in [-0.3, -0.25) is 0 Å². The van der Waals surface area contributed by atoms with Gasteiger partial charge >= 0.3 is 29.6 Å². The van der Waals surface area contributed by atoms with Gasteiger partial charge in [-0.1, -0.05) is 0 Å². The SMILES string of the molecule is COCCCOC(=O)[O-].[Na+]. The maximum Gasteiger partial charge on any atom is 1.00 e. The van der Waals surface area contributed by atoms with Gasteiger partial charge < -0.3 is 19.4 Å². The Labute approximate surface area is 81.8 Å². The molecule has 0 saturated carbocycles. The normalized spacial score (nSPS) is 8.10. The molecule has 0 aliphatic carbocycles. The van der Waals surface area contributed by atoms with E-state index in [9.17, 15) is 9.90 Å². The molecule has 5 heteroatoms. The second kappa shape index (κ2) is 9.23. The van der Waals surface area contributed by atoms with Crippen LogP contribution in [0, 0.1) is 0 Å². The summed E-state index contributed by atoms with van der Waals surface area (Å²) in [6.07, 6.45) is -0.907. The Morgan fingerprint density at radius 2 is 2.10 bits per heavy atom. The van der Waals surface area contributed by atoms with E-state index in [0.29, 0.717) is 13.0 Å². The standard InChI is InChI=1S/C5H10O4.Na/c1-8-3-2-4-9-5(6)7;/h2-4H2,1H3,(H,6,7);/q;+1/p-1. The van der Waals surface area contributed by atoms with Crippen LogP contribution in [0.1, 0.15) is 6.42 Å². The Morgan fingerprint density at radius 1 is 1.50 bits per heavy atom. The number of ether oxygens (including phenoxy) is 2. The number of carbonyl (C=O) groups is 1. The molecule has 0 radical (unpaired) electrons. The van der Waals surface area contributed by atoms with Gasteiger partial charge in [-0.25, -0.2) is 0 Å². The smallest absolute Gasteiger partial charge is 0.550 e. The quantitative estimate of drug-likeness (QED) is 0.239. The minimum absolute atomic E-state index is 0. The van der Waals surface area contributed by atoms with Crippen LogP contribution in [0.5, 0.6) is 0 Å². The van der Waals surface area contributed by atoms with Gasteiger partial charge in [-0.05, 0) is 6.42 Å². The van der Waals surface area contributed by atoms with Crippen molar-refractivity contribution in [1.82, 2.24) is 0 Å². The van der Waals surface area contributed by atoms with E-state index in [2.05, 4.69) is 9.47 Å². The third-order valence-corrected chi connectivity index (χ3v) is 0.713. The van der Waals surface area contributed by atoms with Gasteiger partial charge in [0.15, 0.2) is 0 Å².